The summed E-state index contributed by atoms with van der Waals surface area (Å²) in [6.07, 6.45) is 12.5. The van der Waals surface area contributed by atoms with Gasteiger partial charge in [0.25, 0.3) is 5.91 Å². The molecule has 26 heavy (non-hydrogen) atoms. The Morgan fingerprint density at radius 2 is 2.00 bits per heavy atom. The average Bonchev–Trinajstić information content (AvgIpc) is 3.37. The summed E-state index contributed by atoms with van der Waals surface area (Å²) in [5.74, 6) is 0.121. The Kier molecular flexibility index (Phi) is 4.82. The summed E-state index contributed by atoms with van der Waals surface area (Å²) in [4.78, 5) is 19.1. The summed E-state index contributed by atoms with van der Waals surface area (Å²) in [5, 5.41) is 4.30. The molecule has 6 heteroatoms. The third-order valence-corrected chi connectivity index (χ3v) is 4.97. The number of aromatic nitrogens is 4. The Bertz CT molecular complexity index is 824. The van der Waals surface area contributed by atoms with Gasteiger partial charge < -0.3 is 9.47 Å². The van der Waals surface area contributed by atoms with Gasteiger partial charge in [-0.2, -0.15) is 5.10 Å². The first-order valence-corrected chi connectivity index (χ1v) is 9.13. The summed E-state index contributed by atoms with van der Waals surface area (Å²) in [6.45, 7) is 2.35. The molecule has 3 aromatic rings. The number of amides is 1. The van der Waals surface area contributed by atoms with Gasteiger partial charge >= 0.3 is 0 Å². The zero-order chi connectivity index (χ0) is 17.8. The van der Waals surface area contributed by atoms with Crippen LogP contribution in [0.15, 0.2) is 61.4 Å². The lowest BCUT2D eigenvalue weighted by molar-refractivity contribution is 0.0584. The minimum atomic E-state index is 0.121. The Hall–Kier alpha value is -2.89. The van der Waals surface area contributed by atoms with E-state index < -0.39 is 0 Å². The number of rotatable bonds is 5. The van der Waals surface area contributed by atoms with Crippen molar-refractivity contribution in [1.82, 2.24) is 24.2 Å². The molecule has 3 heterocycles. The molecule has 0 saturated carbocycles. The van der Waals surface area contributed by atoms with Gasteiger partial charge in [-0.1, -0.05) is 12.1 Å². The van der Waals surface area contributed by atoms with Crippen molar-refractivity contribution in [2.75, 3.05) is 6.54 Å². The van der Waals surface area contributed by atoms with Gasteiger partial charge in [0, 0.05) is 43.4 Å². The average molecular weight is 349 g/mol. The Labute approximate surface area is 153 Å². The van der Waals surface area contributed by atoms with E-state index in [4.69, 9.17) is 0 Å². The van der Waals surface area contributed by atoms with Crippen molar-refractivity contribution in [3.63, 3.8) is 0 Å². The Balaban J connectivity index is 1.46. The van der Waals surface area contributed by atoms with Crippen molar-refractivity contribution < 1.29 is 4.79 Å². The van der Waals surface area contributed by atoms with Gasteiger partial charge in [0.2, 0.25) is 0 Å². The molecule has 1 amide bonds. The zero-order valence-electron chi connectivity index (χ0n) is 14.7. The van der Waals surface area contributed by atoms with Crippen molar-refractivity contribution in [2.24, 2.45) is 0 Å². The van der Waals surface area contributed by atoms with E-state index in [1.165, 1.54) is 6.42 Å². The molecule has 0 radical (unpaired) electrons. The summed E-state index contributed by atoms with van der Waals surface area (Å²) in [5.41, 5.74) is 1.91. The van der Waals surface area contributed by atoms with E-state index in [0.29, 0.717) is 0 Å². The summed E-state index contributed by atoms with van der Waals surface area (Å²) < 4.78 is 3.94. The quantitative estimate of drug-likeness (QED) is 0.712. The fourth-order valence-electron chi connectivity index (χ4n) is 3.59. The van der Waals surface area contributed by atoms with Crippen molar-refractivity contribution in [3.8, 4) is 0 Å². The van der Waals surface area contributed by atoms with E-state index in [9.17, 15) is 4.79 Å². The monoisotopic (exact) mass is 349 g/mol. The predicted molar refractivity (Wildman–Crippen MR) is 98.7 cm³/mol. The lowest BCUT2D eigenvalue weighted by Gasteiger charge is -2.35. The normalized spacial score (nSPS) is 17.4. The third-order valence-electron chi connectivity index (χ3n) is 4.97. The molecule has 1 aliphatic rings. The van der Waals surface area contributed by atoms with Crippen LogP contribution in [-0.4, -0.2) is 42.7 Å². The fraction of sp³-hybridized carbons (Fsp3) is 0.350. The highest BCUT2D eigenvalue weighted by Gasteiger charge is 2.27. The topological polar surface area (TPSA) is 56.0 Å². The van der Waals surface area contributed by atoms with Crippen molar-refractivity contribution in [2.45, 2.75) is 38.4 Å². The van der Waals surface area contributed by atoms with Crippen LogP contribution in [-0.2, 0) is 13.1 Å². The van der Waals surface area contributed by atoms with Crippen LogP contribution < -0.4 is 0 Å². The van der Waals surface area contributed by atoms with E-state index in [0.717, 1.165) is 43.6 Å². The molecule has 0 bridgehead atoms. The molecular formula is C20H23N5O. The van der Waals surface area contributed by atoms with Gasteiger partial charge in [-0.15, -0.1) is 0 Å². The van der Waals surface area contributed by atoms with E-state index in [2.05, 4.69) is 10.1 Å². The van der Waals surface area contributed by atoms with E-state index in [1.807, 2.05) is 56.9 Å². The summed E-state index contributed by atoms with van der Waals surface area (Å²) in [6, 6.07) is 10.1. The van der Waals surface area contributed by atoms with Gasteiger partial charge in [0.15, 0.2) is 0 Å². The molecule has 2 aromatic heterocycles. The van der Waals surface area contributed by atoms with E-state index in [1.54, 1.807) is 18.7 Å². The maximum atomic E-state index is 13.0. The first-order valence-electron chi connectivity index (χ1n) is 9.13. The molecule has 1 atom stereocenters. The number of hydrogen-bond acceptors (Lipinski definition) is 3. The fourth-order valence-corrected chi connectivity index (χ4v) is 3.59. The standard InChI is InChI=1S/C20H23N5O/c26-20(18-7-5-17(6-8-18)14-23-13-10-21-16-23)25-12-2-1-4-19(25)15-24-11-3-9-22-24/h3,5-11,13,16,19H,1-2,4,12,14-15H2/t19-/m1/s1. The molecular weight excluding hydrogens is 326 g/mol. The summed E-state index contributed by atoms with van der Waals surface area (Å²) >= 11 is 0. The number of imidazole rings is 1. The third kappa shape index (κ3) is 3.69. The van der Waals surface area contributed by atoms with Gasteiger partial charge in [-0.25, -0.2) is 4.98 Å². The van der Waals surface area contributed by atoms with E-state index >= 15 is 0 Å². The number of piperidine rings is 1. The maximum Gasteiger partial charge on any atom is 0.254 e. The van der Waals surface area contributed by atoms with Crippen LogP contribution in [0.25, 0.3) is 0 Å². The molecule has 134 valence electrons. The Morgan fingerprint density at radius 3 is 2.73 bits per heavy atom. The molecule has 0 N–H and O–H groups in total. The molecule has 0 spiro atoms. The second-order valence-corrected chi connectivity index (χ2v) is 6.81. The predicted octanol–water partition coefficient (Wildman–Crippen LogP) is 2.82. The van der Waals surface area contributed by atoms with Crippen molar-refractivity contribution >= 4 is 5.91 Å². The lowest BCUT2D eigenvalue weighted by Crippen LogP contribution is -2.45. The first kappa shape index (κ1) is 16.6. The number of likely N-dealkylation sites (tertiary alicyclic amines) is 1. The maximum absolute atomic E-state index is 13.0. The molecule has 1 aliphatic heterocycles. The molecule has 1 saturated heterocycles. The SMILES string of the molecule is O=C(c1ccc(Cn2ccnc2)cc1)N1CCCC[C@@H]1Cn1cccn1. The van der Waals surface area contributed by atoms with Crippen LogP contribution >= 0.6 is 0 Å². The van der Waals surface area contributed by atoms with Crippen LogP contribution in [0, 0.1) is 0 Å². The largest absolute Gasteiger partial charge is 0.334 e. The summed E-state index contributed by atoms with van der Waals surface area (Å²) in [7, 11) is 0. The number of carbonyl (C=O) groups is 1. The van der Waals surface area contributed by atoms with Gasteiger partial charge in [-0.3, -0.25) is 9.48 Å². The van der Waals surface area contributed by atoms with Crippen LogP contribution in [0.1, 0.15) is 35.2 Å². The number of nitrogens with zero attached hydrogens (tertiary/aromatic N) is 5. The minimum Gasteiger partial charge on any atom is -0.334 e. The molecule has 0 aliphatic carbocycles. The highest BCUT2D eigenvalue weighted by atomic mass is 16.2. The number of carbonyl (C=O) groups excluding carboxylic acids is 1. The van der Waals surface area contributed by atoms with Crippen LogP contribution in [0.4, 0.5) is 0 Å². The smallest absolute Gasteiger partial charge is 0.254 e. The molecule has 1 fully saturated rings. The second kappa shape index (κ2) is 7.56. The van der Waals surface area contributed by atoms with Gasteiger partial charge in [0.05, 0.1) is 18.9 Å². The number of benzene rings is 1. The number of hydrogen-bond donors (Lipinski definition) is 0. The van der Waals surface area contributed by atoms with Crippen LogP contribution in [0.5, 0.6) is 0 Å². The van der Waals surface area contributed by atoms with Crippen LogP contribution in [0.2, 0.25) is 0 Å². The molecule has 6 nitrogen and oxygen atoms in total. The van der Waals surface area contributed by atoms with Crippen LogP contribution in [0.3, 0.4) is 0 Å². The first-order chi connectivity index (χ1) is 12.8. The van der Waals surface area contributed by atoms with Gasteiger partial charge in [0.1, 0.15) is 0 Å². The van der Waals surface area contributed by atoms with E-state index in [-0.39, 0.29) is 11.9 Å². The molecule has 1 aromatic carbocycles. The lowest BCUT2D eigenvalue weighted by atomic mass is 10.0. The highest BCUT2D eigenvalue weighted by Crippen LogP contribution is 2.21. The second-order valence-electron chi connectivity index (χ2n) is 6.81. The minimum absolute atomic E-state index is 0.121. The molecule has 4 rings (SSSR count). The highest BCUT2D eigenvalue weighted by molar-refractivity contribution is 5.94. The zero-order valence-corrected chi connectivity index (χ0v) is 14.7. The van der Waals surface area contributed by atoms with Crippen molar-refractivity contribution in [1.29, 1.82) is 0 Å². The van der Waals surface area contributed by atoms with Gasteiger partial charge in [-0.05, 0) is 43.0 Å². The van der Waals surface area contributed by atoms with Crippen molar-refractivity contribution in [3.05, 3.63) is 72.6 Å². The Morgan fingerprint density at radius 1 is 1.12 bits per heavy atom. The molecule has 0 unspecified atom stereocenters.